The van der Waals surface area contributed by atoms with E-state index < -0.39 is 5.41 Å². The number of halogens is 2. The zero-order chi connectivity index (χ0) is 15.3. The Morgan fingerprint density at radius 2 is 2.19 bits per heavy atom. The normalized spacial score (nSPS) is 17.3. The van der Waals surface area contributed by atoms with Gasteiger partial charge in [-0.3, -0.25) is 4.79 Å². The van der Waals surface area contributed by atoms with Crippen molar-refractivity contribution in [3.63, 3.8) is 0 Å². The Bertz CT molecular complexity index is 504. The second-order valence-corrected chi connectivity index (χ2v) is 6.10. The van der Waals surface area contributed by atoms with Crippen molar-refractivity contribution in [2.45, 2.75) is 19.3 Å². The summed E-state index contributed by atoms with van der Waals surface area (Å²) in [6, 6.07) is 4.86. The predicted molar refractivity (Wildman–Crippen MR) is 81.7 cm³/mol. The fourth-order valence-electron chi connectivity index (χ4n) is 2.60. The Morgan fingerprint density at radius 3 is 2.81 bits per heavy atom. The molecule has 0 aliphatic carbocycles. The van der Waals surface area contributed by atoms with E-state index in [-0.39, 0.29) is 11.8 Å². The van der Waals surface area contributed by atoms with E-state index in [4.69, 9.17) is 9.47 Å². The highest BCUT2D eigenvalue weighted by molar-refractivity contribution is 9.10. The van der Waals surface area contributed by atoms with Crippen LogP contribution >= 0.6 is 15.9 Å². The van der Waals surface area contributed by atoms with Crippen molar-refractivity contribution in [2.75, 3.05) is 32.2 Å². The van der Waals surface area contributed by atoms with Crippen molar-refractivity contribution in [1.82, 2.24) is 0 Å². The van der Waals surface area contributed by atoms with Gasteiger partial charge >= 0.3 is 5.97 Å². The summed E-state index contributed by atoms with van der Waals surface area (Å²) >= 11 is 3.22. The highest BCUT2D eigenvalue weighted by atomic mass is 79.9. The summed E-state index contributed by atoms with van der Waals surface area (Å²) in [6.07, 6.45) is 1.88. The number of anilines is 1. The van der Waals surface area contributed by atoms with E-state index >= 15 is 0 Å². The molecular formula is C15H19BrFNO3. The van der Waals surface area contributed by atoms with Gasteiger partial charge in [-0.25, -0.2) is 4.39 Å². The molecule has 0 unspecified atom stereocenters. The number of methoxy groups -OCH3 is 1. The maximum absolute atomic E-state index is 13.7. The van der Waals surface area contributed by atoms with Crippen LogP contribution in [0.25, 0.3) is 0 Å². The second kappa shape index (κ2) is 7.22. The minimum Gasteiger partial charge on any atom is -0.469 e. The number of benzene rings is 1. The first kappa shape index (κ1) is 16.2. The number of esters is 1. The maximum Gasteiger partial charge on any atom is 0.312 e. The molecule has 1 N–H and O–H groups in total. The highest BCUT2D eigenvalue weighted by Gasteiger charge is 2.40. The average molecular weight is 360 g/mol. The van der Waals surface area contributed by atoms with Gasteiger partial charge < -0.3 is 14.8 Å². The molecule has 0 atom stereocenters. The van der Waals surface area contributed by atoms with Gasteiger partial charge in [0.2, 0.25) is 0 Å². The molecule has 1 fully saturated rings. The lowest BCUT2D eigenvalue weighted by molar-refractivity contribution is -0.159. The predicted octanol–water partition coefficient (Wildman–Crippen LogP) is 3.36. The van der Waals surface area contributed by atoms with E-state index in [9.17, 15) is 9.18 Å². The van der Waals surface area contributed by atoms with Crippen LogP contribution in [0.4, 0.5) is 10.1 Å². The summed E-state index contributed by atoms with van der Waals surface area (Å²) in [5.41, 5.74) is -0.0865. The lowest BCUT2D eigenvalue weighted by Gasteiger charge is -2.34. The van der Waals surface area contributed by atoms with Crippen molar-refractivity contribution in [3.05, 3.63) is 28.5 Å². The second-order valence-electron chi connectivity index (χ2n) is 5.19. The van der Waals surface area contributed by atoms with Crippen LogP contribution in [0.1, 0.15) is 19.3 Å². The number of carbonyl (C=O) groups excluding carboxylic acids is 1. The van der Waals surface area contributed by atoms with E-state index in [1.165, 1.54) is 13.2 Å². The molecular weight excluding hydrogens is 341 g/mol. The number of hydrogen-bond donors (Lipinski definition) is 1. The number of rotatable bonds is 5. The first-order valence-corrected chi connectivity index (χ1v) is 7.72. The van der Waals surface area contributed by atoms with Gasteiger partial charge in [-0.15, -0.1) is 0 Å². The molecule has 1 aromatic carbocycles. The van der Waals surface area contributed by atoms with Gasteiger partial charge in [-0.1, -0.05) is 15.9 Å². The maximum atomic E-state index is 13.7. The van der Waals surface area contributed by atoms with Gasteiger partial charge in [0.1, 0.15) is 5.82 Å². The van der Waals surface area contributed by atoms with Gasteiger partial charge in [-0.2, -0.15) is 0 Å². The van der Waals surface area contributed by atoms with E-state index in [0.717, 1.165) is 0 Å². The summed E-state index contributed by atoms with van der Waals surface area (Å²) in [6.45, 7) is 1.62. The van der Waals surface area contributed by atoms with E-state index in [1.807, 2.05) is 0 Å². The largest absolute Gasteiger partial charge is 0.469 e. The third kappa shape index (κ3) is 3.95. The van der Waals surface area contributed by atoms with Gasteiger partial charge in [0.05, 0.1) is 18.2 Å². The fraction of sp³-hybridized carbons (Fsp3) is 0.533. The molecule has 1 aliphatic heterocycles. The molecule has 0 aromatic heterocycles. The zero-order valence-corrected chi connectivity index (χ0v) is 13.5. The van der Waals surface area contributed by atoms with Gasteiger partial charge in [0.15, 0.2) is 0 Å². The van der Waals surface area contributed by atoms with Crippen molar-refractivity contribution >= 4 is 27.6 Å². The average Bonchev–Trinajstić information content (AvgIpc) is 2.49. The quantitative estimate of drug-likeness (QED) is 0.818. The molecule has 1 heterocycles. The molecule has 2 rings (SSSR count). The van der Waals surface area contributed by atoms with Gasteiger partial charge in [0.25, 0.3) is 0 Å². The van der Waals surface area contributed by atoms with E-state index in [0.29, 0.717) is 49.2 Å². The van der Waals surface area contributed by atoms with Crippen molar-refractivity contribution < 1.29 is 18.7 Å². The Balaban J connectivity index is 1.97. The molecule has 0 bridgehead atoms. The number of ether oxygens (including phenoxy) is 2. The summed E-state index contributed by atoms with van der Waals surface area (Å²) < 4.78 is 24.7. The number of hydrogen-bond acceptors (Lipinski definition) is 4. The van der Waals surface area contributed by atoms with Crippen LogP contribution in [0, 0.1) is 11.2 Å². The molecule has 1 aliphatic rings. The lowest BCUT2D eigenvalue weighted by atomic mass is 9.77. The molecule has 116 valence electrons. The Morgan fingerprint density at radius 1 is 1.48 bits per heavy atom. The van der Waals surface area contributed by atoms with Gasteiger partial charge in [-0.05, 0) is 37.5 Å². The van der Waals surface area contributed by atoms with Crippen LogP contribution in [0.3, 0.4) is 0 Å². The van der Waals surface area contributed by atoms with E-state index in [2.05, 4.69) is 21.2 Å². The Hall–Kier alpha value is -1.14. The Kier molecular flexibility index (Phi) is 5.58. The molecule has 1 saturated heterocycles. The molecule has 1 aromatic rings. The minimum atomic E-state index is -0.522. The standard InChI is InChI=1S/C15H19BrFNO3/c1-20-14(19)15(5-8-21-9-6-15)4-7-18-13-3-2-11(16)10-12(13)17/h2-3,10,18H,4-9H2,1H3. The first-order chi connectivity index (χ1) is 10.1. The van der Waals surface area contributed by atoms with Crippen molar-refractivity contribution in [1.29, 1.82) is 0 Å². The van der Waals surface area contributed by atoms with Crippen molar-refractivity contribution in [2.24, 2.45) is 5.41 Å². The fourth-order valence-corrected chi connectivity index (χ4v) is 2.94. The van der Waals surface area contributed by atoms with Gasteiger partial charge in [0, 0.05) is 24.2 Å². The third-order valence-corrected chi connectivity index (χ3v) is 4.41. The van der Waals surface area contributed by atoms with Crippen LogP contribution in [0.2, 0.25) is 0 Å². The molecule has 21 heavy (non-hydrogen) atoms. The molecule has 0 radical (unpaired) electrons. The van der Waals surface area contributed by atoms with E-state index in [1.54, 1.807) is 12.1 Å². The monoisotopic (exact) mass is 359 g/mol. The summed E-state index contributed by atoms with van der Waals surface area (Å²) in [4.78, 5) is 12.1. The topological polar surface area (TPSA) is 47.6 Å². The highest BCUT2D eigenvalue weighted by Crippen LogP contribution is 2.35. The summed E-state index contributed by atoms with van der Waals surface area (Å²) in [5.74, 6) is -0.521. The first-order valence-electron chi connectivity index (χ1n) is 6.92. The smallest absolute Gasteiger partial charge is 0.312 e. The van der Waals surface area contributed by atoms with Crippen molar-refractivity contribution in [3.8, 4) is 0 Å². The van der Waals surface area contributed by atoms with Crippen LogP contribution in [-0.2, 0) is 14.3 Å². The van der Waals surface area contributed by atoms with Crippen LogP contribution < -0.4 is 5.32 Å². The SMILES string of the molecule is COC(=O)C1(CCNc2ccc(Br)cc2F)CCOCC1. The van der Waals surface area contributed by atoms with Crippen LogP contribution in [0.5, 0.6) is 0 Å². The van der Waals surface area contributed by atoms with Crippen LogP contribution in [0.15, 0.2) is 22.7 Å². The summed E-state index contributed by atoms with van der Waals surface area (Å²) in [7, 11) is 1.40. The molecule has 6 heteroatoms. The third-order valence-electron chi connectivity index (χ3n) is 3.92. The minimum absolute atomic E-state index is 0.205. The Labute approximate surface area is 132 Å². The molecule has 0 spiro atoms. The number of carbonyl (C=O) groups is 1. The lowest BCUT2D eigenvalue weighted by Crippen LogP contribution is -2.39. The molecule has 0 saturated carbocycles. The molecule has 4 nitrogen and oxygen atoms in total. The molecule has 0 amide bonds. The summed E-state index contributed by atoms with van der Waals surface area (Å²) in [5, 5.41) is 3.05. The van der Waals surface area contributed by atoms with Crippen LogP contribution in [-0.4, -0.2) is 32.8 Å². The zero-order valence-electron chi connectivity index (χ0n) is 12.0. The number of nitrogens with one attached hydrogen (secondary N) is 1.